The first-order valence-electron chi connectivity index (χ1n) is 11.9. The molecule has 0 bridgehead atoms. The van der Waals surface area contributed by atoms with Crippen molar-refractivity contribution in [3.63, 3.8) is 0 Å². The molecule has 0 saturated heterocycles. The van der Waals surface area contributed by atoms with E-state index in [0.29, 0.717) is 39.1 Å². The zero-order valence-corrected chi connectivity index (χ0v) is 22.0. The first-order chi connectivity index (χ1) is 18.5. The second kappa shape index (κ2) is 11.3. The van der Waals surface area contributed by atoms with Gasteiger partial charge in [0.1, 0.15) is 9.88 Å². The topological polar surface area (TPSA) is 208 Å². The molecule has 7 N–H and O–H groups in total. The summed E-state index contributed by atoms with van der Waals surface area (Å²) in [5.41, 5.74) is 1.05. The van der Waals surface area contributed by atoms with Gasteiger partial charge in [0.05, 0.1) is 29.7 Å². The fourth-order valence-corrected chi connectivity index (χ4v) is 4.64. The lowest BCUT2D eigenvalue weighted by atomic mass is 10.1. The van der Waals surface area contributed by atoms with Crippen LogP contribution in [0.25, 0.3) is 10.6 Å². The Morgan fingerprint density at radius 2 is 1.87 bits per heavy atom. The van der Waals surface area contributed by atoms with Crippen LogP contribution in [0.4, 0.5) is 17.2 Å². The number of ether oxygens (including phenoxy) is 1. The van der Waals surface area contributed by atoms with E-state index in [4.69, 9.17) is 4.74 Å². The number of methoxy groups -OCH3 is 1. The highest BCUT2D eigenvalue weighted by Crippen LogP contribution is 2.40. The summed E-state index contributed by atoms with van der Waals surface area (Å²) in [6, 6.07) is 6.43. The number of amides is 3. The predicted octanol–water partition coefficient (Wildman–Crippen LogP) is 1.08. The molecule has 14 nitrogen and oxygen atoms in total. The smallest absolute Gasteiger partial charge is 0.369 e. The molecular formula is C24H27N7O7S. The van der Waals surface area contributed by atoms with E-state index in [-0.39, 0.29) is 29.2 Å². The normalized spacial score (nSPS) is 13.0. The molecule has 39 heavy (non-hydrogen) atoms. The van der Waals surface area contributed by atoms with E-state index < -0.39 is 17.7 Å². The van der Waals surface area contributed by atoms with E-state index in [1.807, 2.05) is 6.92 Å². The molecule has 1 saturated carbocycles. The first kappa shape index (κ1) is 27.8. The van der Waals surface area contributed by atoms with Crippen molar-refractivity contribution < 1.29 is 34.4 Å². The number of aliphatic hydroxyl groups is 3. The molecule has 1 aliphatic carbocycles. The average Bonchev–Trinajstić information content (AvgIpc) is 3.65. The zero-order chi connectivity index (χ0) is 28.3. The van der Waals surface area contributed by atoms with Gasteiger partial charge in [-0.1, -0.05) is 6.07 Å². The highest BCUT2D eigenvalue weighted by molar-refractivity contribution is 7.17. The van der Waals surface area contributed by atoms with E-state index >= 15 is 0 Å². The number of aromatic nitrogens is 3. The van der Waals surface area contributed by atoms with Crippen LogP contribution in [0.2, 0.25) is 0 Å². The van der Waals surface area contributed by atoms with Crippen molar-refractivity contribution in [2.24, 2.45) is 5.92 Å². The Bertz CT molecular complexity index is 1420. The molecule has 4 rings (SSSR count). The first-order valence-corrected chi connectivity index (χ1v) is 12.7. The molecule has 2 heterocycles. The minimum atomic E-state index is -3.50. The maximum Gasteiger partial charge on any atom is 0.369 e. The Kier molecular flexibility index (Phi) is 8.06. The number of nitrogens with zero attached hydrogens (tertiary/aromatic N) is 3. The largest absolute Gasteiger partial charge is 0.494 e. The van der Waals surface area contributed by atoms with Gasteiger partial charge in [-0.2, -0.15) is 0 Å². The summed E-state index contributed by atoms with van der Waals surface area (Å²) in [6.45, 7) is 4.02. The summed E-state index contributed by atoms with van der Waals surface area (Å²) in [5, 5.41) is 45.8. The number of nitrogens with one attached hydrogen (secondary N) is 4. The van der Waals surface area contributed by atoms with Gasteiger partial charge in [-0.15, -0.1) is 21.5 Å². The molecule has 1 fully saturated rings. The van der Waals surface area contributed by atoms with E-state index in [2.05, 4.69) is 31.1 Å². The molecule has 2 aromatic heterocycles. The summed E-state index contributed by atoms with van der Waals surface area (Å²) in [4.78, 5) is 42.3. The van der Waals surface area contributed by atoms with Gasteiger partial charge in [-0.25, -0.2) is 4.98 Å². The predicted molar refractivity (Wildman–Crippen MR) is 140 cm³/mol. The van der Waals surface area contributed by atoms with Crippen molar-refractivity contribution in [2.75, 3.05) is 24.3 Å². The number of hydrogen-bond acceptors (Lipinski definition) is 12. The van der Waals surface area contributed by atoms with E-state index in [0.717, 1.165) is 12.8 Å². The molecule has 3 amide bonds. The molecule has 0 atom stereocenters. The van der Waals surface area contributed by atoms with Gasteiger partial charge in [-0.3, -0.25) is 19.7 Å². The number of rotatable bonds is 10. The molecule has 1 aromatic carbocycles. The molecule has 0 radical (unpaired) electrons. The van der Waals surface area contributed by atoms with Gasteiger partial charge in [0, 0.05) is 18.5 Å². The maximum absolute atomic E-state index is 12.6. The van der Waals surface area contributed by atoms with Crippen LogP contribution in [0.3, 0.4) is 0 Å². The zero-order valence-electron chi connectivity index (χ0n) is 21.2. The molecule has 3 aromatic rings. The van der Waals surface area contributed by atoms with Gasteiger partial charge in [0.2, 0.25) is 5.91 Å². The van der Waals surface area contributed by atoms with Crippen LogP contribution >= 0.6 is 11.3 Å². The molecule has 1 aliphatic rings. The lowest BCUT2D eigenvalue weighted by Crippen LogP contribution is -2.48. The summed E-state index contributed by atoms with van der Waals surface area (Å²) in [6.07, 6.45) is -1.98. The van der Waals surface area contributed by atoms with E-state index in [1.165, 1.54) is 24.5 Å². The number of benzene rings is 1. The average molecular weight is 558 g/mol. The monoisotopic (exact) mass is 557 g/mol. The van der Waals surface area contributed by atoms with Gasteiger partial charge < -0.3 is 36.0 Å². The van der Waals surface area contributed by atoms with Crippen LogP contribution in [-0.4, -0.2) is 68.0 Å². The Hall–Kier alpha value is -4.18. The van der Waals surface area contributed by atoms with Crippen molar-refractivity contribution in [1.82, 2.24) is 25.8 Å². The third kappa shape index (κ3) is 6.64. The lowest BCUT2D eigenvalue weighted by molar-refractivity contribution is -0.323. The van der Waals surface area contributed by atoms with Crippen LogP contribution in [0.1, 0.15) is 45.6 Å². The molecule has 206 valence electrons. The van der Waals surface area contributed by atoms with Gasteiger partial charge in [-0.05, 0) is 38.8 Å². The van der Waals surface area contributed by atoms with E-state index in [1.54, 1.807) is 30.4 Å². The van der Waals surface area contributed by atoms with Gasteiger partial charge in [0.15, 0.2) is 17.3 Å². The van der Waals surface area contributed by atoms with Crippen molar-refractivity contribution in [2.45, 2.75) is 32.8 Å². The third-order valence-electron chi connectivity index (χ3n) is 5.55. The van der Waals surface area contributed by atoms with Crippen molar-refractivity contribution in [1.29, 1.82) is 0 Å². The van der Waals surface area contributed by atoms with Gasteiger partial charge in [0.25, 0.3) is 11.8 Å². The minimum Gasteiger partial charge on any atom is -0.494 e. The number of para-hydroxylation sites is 1. The Morgan fingerprint density at radius 3 is 2.51 bits per heavy atom. The summed E-state index contributed by atoms with van der Waals surface area (Å²) < 4.78 is 5.65. The molecule has 15 heteroatoms. The quantitative estimate of drug-likeness (QED) is 0.175. The van der Waals surface area contributed by atoms with Crippen LogP contribution in [0.5, 0.6) is 5.75 Å². The van der Waals surface area contributed by atoms with Crippen LogP contribution in [-0.2, 0) is 4.79 Å². The summed E-state index contributed by atoms with van der Waals surface area (Å²) in [7, 11) is 1.44. The number of anilines is 3. The Balaban J connectivity index is 1.72. The number of carbonyl (C=O) groups is 3. The second-order valence-electron chi connectivity index (χ2n) is 8.65. The molecule has 0 unspecified atom stereocenters. The van der Waals surface area contributed by atoms with Gasteiger partial charge >= 0.3 is 6.10 Å². The maximum atomic E-state index is 12.6. The SMILES string of the molecule is CCNC(=O)c1sc(-c2cccc(Nc3cc(NC(=O)C4CC4)nnc3C(=O)NC(O)(O)O)c2OC)nc1C. The van der Waals surface area contributed by atoms with Crippen LogP contribution in [0, 0.1) is 12.8 Å². The summed E-state index contributed by atoms with van der Waals surface area (Å²) >= 11 is 1.19. The standard InChI is InChI=1S/C24H27N7O7S/c1-4-25-22(34)19-11(2)26-23(39-19)13-6-5-7-14(18(13)38-3)27-15-10-16(28-20(32)12-8-9-12)30-31-17(15)21(33)29-24(35,36)37/h5-7,10,12,35-37H,4,8-9H2,1-3H3,(H,25,34)(H,29,33)(H2,27,28,30,32). The second-order valence-corrected chi connectivity index (χ2v) is 9.65. The Morgan fingerprint density at radius 1 is 1.13 bits per heavy atom. The number of aryl methyl sites for hydroxylation is 1. The number of hydrogen-bond donors (Lipinski definition) is 7. The molecule has 0 aliphatic heterocycles. The minimum absolute atomic E-state index is 0.00614. The number of carbonyl (C=O) groups excluding carboxylic acids is 3. The van der Waals surface area contributed by atoms with Crippen molar-refractivity contribution in [3.05, 3.63) is 40.5 Å². The molecular weight excluding hydrogens is 530 g/mol. The van der Waals surface area contributed by atoms with Crippen LogP contribution < -0.4 is 26.0 Å². The fourth-order valence-electron chi connectivity index (χ4n) is 3.63. The van der Waals surface area contributed by atoms with E-state index in [9.17, 15) is 29.7 Å². The van der Waals surface area contributed by atoms with Crippen molar-refractivity contribution in [3.8, 4) is 16.3 Å². The summed E-state index contributed by atoms with van der Waals surface area (Å²) in [5.74, 6) is -1.40. The highest BCUT2D eigenvalue weighted by Gasteiger charge is 2.31. The Labute approximate surface area is 226 Å². The van der Waals surface area contributed by atoms with Crippen molar-refractivity contribution >= 4 is 46.3 Å². The highest BCUT2D eigenvalue weighted by atomic mass is 32.1. The fraction of sp³-hybridized carbons (Fsp3) is 0.333. The number of thiazole rings is 1. The van der Waals surface area contributed by atoms with Crippen LogP contribution in [0.15, 0.2) is 24.3 Å². The lowest BCUT2D eigenvalue weighted by Gasteiger charge is -2.18. The molecule has 0 spiro atoms. The third-order valence-corrected chi connectivity index (χ3v) is 6.74.